The fraction of sp³-hybridized carbons (Fsp3) is 0.489. The molecule has 3 aliphatic rings. The van der Waals surface area contributed by atoms with E-state index in [1.807, 2.05) is 42.3 Å². The largest absolute Gasteiger partial charge is 0.453 e. The maximum absolute atomic E-state index is 15.0. The minimum atomic E-state index is -3.13. The van der Waals surface area contributed by atoms with Gasteiger partial charge in [-0.2, -0.15) is 0 Å². The van der Waals surface area contributed by atoms with Crippen molar-refractivity contribution >= 4 is 39.7 Å². The van der Waals surface area contributed by atoms with Crippen molar-refractivity contribution in [3.63, 3.8) is 0 Å². The van der Waals surface area contributed by atoms with Crippen molar-refractivity contribution in [2.75, 3.05) is 33.4 Å². The van der Waals surface area contributed by atoms with Crippen LogP contribution in [0.4, 0.5) is 13.6 Å². The zero-order valence-electron chi connectivity index (χ0n) is 34.5. The van der Waals surface area contributed by atoms with Crippen LogP contribution in [0.25, 0.3) is 44.2 Å². The van der Waals surface area contributed by atoms with Crippen LogP contribution in [0.1, 0.15) is 84.0 Å². The lowest BCUT2D eigenvalue weighted by Crippen LogP contribution is -2.51. The first-order chi connectivity index (χ1) is 28.2. The molecule has 12 nitrogen and oxygen atoms in total. The van der Waals surface area contributed by atoms with Gasteiger partial charge in [-0.1, -0.05) is 77.1 Å². The number of alkyl carbamates (subject to hydrolysis) is 1. The number of ether oxygens (including phenoxy) is 2. The van der Waals surface area contributed by atoms with Crippen molar-refractivity contribution in [3.8, 4) is 22.4 Å². The van der Waals surface area contributed by atoms with Crippen LogP contribution in [0.5, 0.6) is 0 Å². The lowest BCUT2D eigenvalue weighted by molar-refractivity contribution is -0.138. The normalized spacial score (nSPS) is 22.8. The number of aromatic nitrogens is 4. The van der Waals surface area contributed by atoms with Gasteiger partial charge < -0.3 is 34.6 Å². The molecule has 5 heterocycles. The van der Waals surface area contributed by atoms with Crippen molar-refractivity contribution in [1.29, 1.82) is 0 Å². The summed E-state index contributed by atoms with van der Waals surface area (Å²) in [5.74, 6) is -2.73. The number of nitrogens with one attached hydrogen (secondary N) is 3. The minimum absolute atomic E-state index is 0.0481. The number of amides is 3. The second-order valence-corrected chi connectivity index (χ2v) is 17.6. The lowest BCUT2D eigenvalue weighted by Gasteiger charge is -2.33. The van der Waals surface area contributed by atoms with Crippen molar-refractivity contribution in [3.05, 3.63) is 72.4 Å². The molecule has 0 saturated carbocycles. The average Bonchev–Trinajstić information content (AvgIpc) is 4.03. The molecule has 5 aromatic rings. The second-order valence-electron chi connectivity index (χ2n) is 17.6. The Kier molecular flexibility index (Phi) is 10.7. The number of rotatable bonds is 9. The van der Waals surface area contributed by atoms with Gasteiger partial charge >= 0.3 is 6.09 Å². The molecule has 0 radical (unpaired) electrons. The number of imidazole rings is 2. The van der Waals surface area contributed by atoms with E-state index in [0.29, 0.717) is 24.2 Å². The number of benzene rings is 3. The average molecular weight is 810 g/mol. The van der Waals surface area contributed by atoms with E-state index in [4.69, 9.17) is 14.7 Å². The summed E-state index contributed by atoms with van der Waals surface area (Å²) in [6, 6.07) is 16.0. The van der Waals surface area contributed by atoms with Gasteiger partial charge in [0.25, 0.3) is 5.92 Å². The topological polar surface area (TPSA) is 146 Å². The zero-order chi connectivity index (χ0) is 41.8. The second kappa shape index (κ2) is 15.7. The number of hydrogen-bond donors (Lipinski definition) is 3. The van der Waals surface area contributed by atoms with E-state index in [1.165, 1.54) is 7.11 Å². The molecule has 1 spiro atoms. The number of hydrogen-bond acceptors (Lipinski definition) is 7. The number of nitrogens with zero attached hydrogens (tertiary/aromatic N) is 4. The standard InChI is InChI=1S/C45H53F2N7O5/c1-25(2)27(5)41(55)53-22-44(16-7-17-59-24-44)19-35(53)39-48-21-34(50-39)29-10-8-28(9-11-29)30-12-14-32-31(18-30)13-15-33-38(32)51-40(49-33)36-20-45(46,47)23-54(36)42(56)37(26(3)4)52-43(57)58-6/h8-15,18,21,25-27,35-37H,7,16-17,19-20,22-24H2,1-6H3,(H,48,50)(H,49,51)(H,52,57)/t27-,35-,36-,37-,44-/m0/s1. The van der Waals surface area contributed by atoms with Gasteiger partial charge in [-0.25, -0.2) is 23.5 Å². The van der Waals surface area contributed by atoms with Gasteiger partial charge in [-0.05, 0) is 65.3 Å². The summed E-state index contributed by atoms with van der Waals surface area (Å²) in [7, 11) is 1.19. The van der Waals surface area contributed by atoms with Gasteiger partial charge in [0.2, 0.25) is 11.8 Å². The van der Waals surface area contributed by atoms with E-state index in [2.05, 4.69) is 64.2 Å². The van der Waals surface area contributed by atoms with E-state index < -0.39 is 43.0 Å². The zero-order valence-corrected chi connectivity index (χ0v) is 34.5. The Hall–Kier alpha value is -5.37. The number of halogens is 2. The van der Waals surface area contributed by atoms with Gasteiger partial charge in [0.1, 0.15) is 17.7 Å². The van der Waals surface area contributed by atoms with Crippen LogP contribution in [-0.2, 0) is 19.1 Å². The van der Waals surface area contributed by atoms with E-state index in [1.54, 1.807) is 13.8 Å². The van der Waals surface area contributed by atoms with Gasteiger partial charge in [0.05, 0.1) is 55.3 Å². The Morgan fingerprint density at radius 2 is 1.58 bits per heavy atom. The molecule has 14 heteroatoms. The number of likely N-dealkylation sites (tertiary alicyclic amines) is 2. The predicted molar refractivity (Wildman–Crippen MR) is 220 cm³/mol. The highest BCUT2D eigenvalue weighted by Gasteiger charge is 2.51. The van der Waals surface area contributed by atoms with Crippen LogP contribution in [0.15, 0.2) is 60.8 Å². The smallest absolute Gasteiger partial charge is 0.407 e. The molecule has 0 unspecified atom stereocenters. The van der Waals surface area contributed by atoms with Crippen LogP contribution in [-0.4, -0.2) is 93.0 Å². The van der Waals surface area contributed by atoms with E-state index >= 15 is 0 Å². The maximum atomic E-state index is 15.0. The molecule has 312 valence electrons. The molecule has 0 aliphatic carbocycles. The Morgan fingerprint density at radius 1 is 0.864 bits per heavy atom. The van der Waals surface area contributed by atoms with Crippen molar-refractivity contribution < 1.29 is 32.6 Å². The molecule has 3 aliphatic heterocycles. The summed E-state index contributed by atoms with van der Waals surface area (Å²) in [6.45, 7) is 11.0. The van der Waals surface area contributed by atoms with Gasteiger partial charge in [0.15, 0.2) is 0 Å². The maximum Gasteiger partial charge on any atom is 0.407 e. The molecule has 3 fully saturated rings. The first-order valence-corrected chi connectivity index (χ1v) is 20.6. The molecular formula is C45H53F2N7O5. The van der Waals surface area contributed by atoms with Crippen LogP contribution >= 0.6 is 0 Å². The molecule has 0 bridgehead atoms. The van der Waals surface area contributed by atoms with Crippen molar-refractivity contribution in [2.45, 2.75) is 84.4 Å². The summed E-state index contributed by atoms with van der Waals surface area (Å²) in [5.41, 5.74) is 5.11. The molecule has 3 amide bonds. The van der Waals surface area contributed by atoms with Crippen molar-refractivity contribution in [1.82, 2.24) is 35.1 Å². The lowest BCUT2D eigenvalue weighted by atomic mass is 9.80. The molecule has 3 saturated heterocycles. The number of fused-ring (bicyclic) bond motifs is 3. The molecule has 2 aromatic heterocycles. The monoisotopic (exact) mass is 809 g/mol. The SMILES string of the molecule is COC(=O)N[C@H](C(=O)N1CC(F)(F)C[C@H]1c1nc2ccc3cc(-c4ccc(-c5cnc([C@@H]6C[C@@]7(CCCOC7)CN6C(=O)[C@@H](C)C(C)C)[nH]5)cc4)ccc3c2[nH]1)C(C)C. The Balaban J connectivity index is 1.02. The summed E-state index contributed by atoms with van der Waals surface area (Å²) in [4.78, 5) is 58.9. The number of aromatic amines is 2. The quantitative estimate of drug-likeness (QED) is 0.136. The molecule has 3 N–H and O–H groups in total. The van der Waals surface area contributed by atoms with Crippen LogP contribution in [0.3, 0.4) is 0 Å². The van der Waals surface area contributed by atoms with Crippen molar-refractivity contribution in [2.24, 2.45) is 23.2 Å². The highest BCUT2D eigenvalue weighted by atomic mass is 19.3. The first kappa shape index (κ1) is 40.4. The van der Waals surface area contributed by atoms with Crippen LogP contribution < -0.4 is 5.32 Å². The van der Waals surface area contributed by atoms with Crippen LogP contribution in [0, 0.1) is 23.2 Å². The Labute approximate surface area is 342 Å². The third-order valence-electron chi connectivity index (χ3n) is 12.8. The Bertz CT molecular complexity index is 2370. The number of methoxy groups -OCH3 is 1. The van der Waals surface area contributed by atoms with E-state index in [9.17, 15) is 23.2 Å². The van der Waals surface area contributed by atoms with E-state index in [0.717, 1.165) is 69.8 Å². The summed E-state index contributed by atoms with van der Waals surface area (Å²) in [6.07, 6.45) is 3.32. The number of carbonyl (C=O) groups excluding carboxylic acids is 3. The molecular weight excluding hydrogens is 757 g/mol. The molecule has 5 atom stereocenters. The molecule has 59 heavy (non-hydrogen) atoms. The fourth-order valence-electron chi connectivity index (χ4n) is 9.11. The molecule has 8 rings (SSSR count). The first-order valence-electron chi connectivity index (χ1n) is 20.6. The number of alkyl halides is 2. The Morgan fingerprint density at radius 3 is 2.27 bits per heavy atom. The van der Waals surface area contributed by atoms with Gasteiger partial charge in [0, 0.05) is 36.3 Å². The third kappa shape index (κ3) is 7.79. The third-order valence-corrected chi connectivity index (χ3v) is 12.8. The predicted octanol–water partition coefficient (Wildman–Crippen LogP) is 8.42. The van der Waals surface area contributed by atoms with Crippen LogP contribution in [0.2, 0.25) is 0 Å². The van der Waals surface area contributed by atoms with Gasteiger partial charge in [-0.3, -0.25) is 9.59 Å². The summed E-state index contributed by atoms with van der Waals surface area (Å²) in [5, 5.41) is 4.31. The van der Waals surface area contributed by atoms with Gasteiger partial charge in [-0.15, -0.1) is 0 Å². The summed E-state index contributed by atoms with van der Waals surface area (Å²) >= 11 is 0. The highest BCUT2D eigenvalue weighted by Crippen LogP contribution is 2.48. The minimum Gasteiger partial charge on any atom is -0.453 e. The molecule has 3 aromatic carbocycles. The van der Waals surface area contributed by atoms with E-state index in [-0.39, 0.29) is 40.9 Å². The fourth-order valence-corrected chi connectivity index (χ4v) is 9.11. The number of H-pyrrole nitrogens is 2. The number of carbonyl (C=O) groups is 3. The highest BCUT2D eigenvalue weighted by molar-refractivity contribution is 6.05. The summed E-state index contributed by atoms with van der Waals surface area (Å²) < 4.78 is 40.5.